The monoisotopic (exact) mass is 358 g/mol. The number of aromatic nitrogens is 3. The predicted molar refractivity (Wildman–Crippen MR) is 94.7 cm³/mol. The average Bonchev–Trinajstić information content (AvgIpc) is 2.93. The van der Waals surface area contributed by atoms with Crippen molar-refractivity contribution in [3.8, 4) is 0 Å². The number of aromatic amines is 2. The van der Waals surface area contributed by atoms with Gasteiger partial charge in [0.15, 0.2) is 5.65 Å². The van der Waals surface area contributed by atoms with Crippen molar-refractivity contribution in [1.82, 2.24) is 14.6 Å². The summed E-state index contributed by atoms with van der Waals surface area (Å²) in [5.41, 5.74) is 1.19. The van der Waals surface area contributed by atoms with Gasteiger partial charge in [-0.15, -0.1) is 0 Å². The van der Waals surface area contributed by atoms with Gasteiger partial charge in [0.2, 0.25) is 0 Å². The van der Waals surface area contributed by atoms with E-state index in [0.29, 0.717) is 22.7 Å². The lowest BCUT2D eigenvalue weighted by atomic mass is 9.97. The van der Waals surface area contributed by atoms with Gasteiger partial charge < -0.3 is 10.3 Å². The summed E-state index contributed by atoms with van der Waals surface area (Å²) in [5.74, 6) is -0.586. The molecule has 3 N–H and O–H groups in total. The van der Waals surface area contributed by atoms with Gasteiger partial charge in [-0.2, -0.15) is 4.52 Å². The van der Waals surface area contributed by atoms with Crippen LogP contribution >= 0.6 is 11.6 Å². The summed E-state index contributed by atoms with van der Waals surface area (Å²) in [6, 6.07) is 6.55. The van der Waals surface area contributed by atoms with Crippen molar-refractivity contribution in [3.63, 3.8) is 0 Å². The van der Waals surface area contributed by atoms with Gasteiger partial charge in [0, 0.05) is 22.0 Å². The molecular weight excluding hydrogens is 344 g/mol. The highest BCUT2D eigenvalue weighted by atomic mass is 35.5. The molecule has 0 fully saturated rings. The van der Waals surface area contributed by atoms with Crippen LogP contribution < -0.4 is 16.4 Å². The number of fused-ring (bicyclic) bond motifs is 2. The fraction of sp³-hybridized carbons (Fsp3) is 0.235. The van der Waals surface area contributed by atoms with Crippen LogP contribution in [0.2, 0.25) is 5.02 Å². The third-order valence-electron chi connectivity index (χ3n) is 4.43. The molecule has 8 heteroatoms. The Balaban J connectivity index is 1.81. The molecule has 25 heavy (non-hydrogen) atoms. The quantitative estimate of drug-likeness (QED) is 0.654. The van der Waals surface area contributed by atoms with E-state index in [1.54, 1.807) is 24.3 Å². The van der Waals surface area contributed by atoms with E-state index < -0.39 is 11.5 Å². The van der Waals surface area contributed by atoms with Crippen molar-refractivity contribution in [2.45, 2.75) is 25.7 Å². The Hall–Kier alpha value is -2.80. The smallest absolute Gasteiger partial charge is 0.279 e. The molecule has 128 valence electrons. The number of H-pyrrole nitrogens is 2. The molecule has 2 heterocycles. The summed E-state index contributed by atoms with van der Waals surface area (Å²) >= 11 is 5.83. The van der Waals surface area contributed by atoms with Gasteiger partial charge in [0.1, 0.15) is 5.56 Å². The fourth-order valence-electron chi connectivity index (χ4n) is 3.20. The molecule has 0 radical (unpaired) electrons. The number of carbonyl (C=O) groups excluding carboxylic acids is 1. The van der Waals surface area contributed by atoms with Crippen molar-refractivity contribution in [2.75, 3.05) is 5.32 Å². The van der Waals surface area contributed by atoms with Gasteiger partial charge in [-0.05, 0) is 49.9 Å². The van der Waals surface area contributed by atoms with Gasteiger partial charge in [-0.3, -0.25) is 19.5 Å². The maximum Gasteiger partial charge on any atom is 0.279 e. The SMILES string of the molecule is O=C(Nc1ccc(Cl)cc1)c1c(=O)[nH]n2c(=O)c3c([nH]c12)CCCC3. The van der Waals surface area contributed by atoms with Crippen LogP contribution in [0, 0.1) is 0 Å². The summed E-state index contributed by atoms with van der Waals surface area (Å²) in [6.45, 7) is 0. The van der Waals surface area contributed by atoms with Crippen LogP contribution in [-0.2, 0) is 12.8 Å². The second-order valence-corrected chi connectivity index (χ2v) is 6.49. The van der Waals surface area contributed by atoms with E-state index in [-0.39, 0.29) is 16.8 Å². The van der Waals surface area contributed by atoms with Gasteiger partial charge in [-0.1, -0.05) is 11.6 Å². The molecule has 0 unspecified atom stereocenters. The lowest BCUT2D eigenvalue weighted by Gasteiger charge is -2.15. The number of hydrogen-bond donors (Lipinski definition) is 3. The molecule has 0 atom stereocenters. The van der Waals surface area contributed by atoms with E-state index in [1.807, 2.05) is 0 Å². The summed E-state index contributed by atoms with van der Waals surface area (Å²) in [5, 5.41) is 5.65. The van der Waals surface area contributed by atoms with Gasteiger partial charge in [-0.25, -0.2) is 0 Å². The van der Waals surface area contributed by atoms with E-state index in [9.17, 15) is 14.4 Å². The number of halogens is 1. The van der Waals surface area contributed by atoms with Crippen LogP contribution in [0.5, 0.6) is 0 Å². The zero-order valence-corrected chi connectivity index (χ0v) is 13.9. The fourth-order valence-corrected chi connectivity index (χ4v) is 3.32. The number of aryl methyl sites for hydroxylation is 1. The Morgan fingerprint density at radius 1 is 1.12 bits per heavy atom. The molecule has 4 rings (SSSR count). The minimum absolute atomic E-state index is 0.111. The first-order chi connectivity index (χ1) is 12.0. The normalized spacial score (nSPS) is 13.6. The molecule has 2 aromatic heterocycles. The molecule has 0 saturated heterocycles. The number of anilines is 1. The molecule has 0 spiro atoms. The highest BCUT2D eigenvalue weighted by molar-refractivity contribution is 6.30. The van der Waals surface area contributed by atoms with Crippen LogP contribution in [0.1, 0.15) is 34.5 Å². The lowest BCUT2D eigenvalue weighted by molar-refractivity contribution is 0.102. The first kappa shape index (κ1) is 15.7. The molecular formula is C17H15ClN4O3. The van der Waals surface area contributed by atoms with Crippen molar-refractivity contribution < 1.29 is 4.79 Å². The van der Waals surface area contributed by atoms with E-state index in [4.69, 9.17) is 11.6 Å². The van der Waals surface area contributed by atoms with Crippen molar-refractivity contribution in [1.29, 1.82) is 0 Å². The zero-order chi connectivity index (χ0) is 17.6. The third-order valence-corrected chi connectivity index (χ3v) is 4.68. The third kappa shape index (κ3) is 2.66. The molecule has 3 aromatic rings. The maximum atomic E-state index is 12.6. The van der Waals surface area contributed by atoms with Gasteiger partial charge in [0.25, 0.3) is 17.0 Å². The molecule has 0 saturated carbocycles. The number of nitrogens with one attached hydrogen (secondary N) is 3. The lowest BCUT2D eigenvalue weighted by Crippen LogP contribution is -2.25. The summed E-state index contributed by atoms with van der Waals surface area (Å²) in [7, 11) is 0. The minimum atomic E-state index is -0.609. The Labute approximate surface area is 146 Å². The number of carbonyl (C=O) groups is 1. The Bertz CT molecular complexity index is 1090. The first-order valence-corrected chi connectivity index (χ1v) is 8.38. The maximum absolute atomic E-state index is 12.6. The number of nitrogens with zero attached hydrogens (tertiary/aromatic N) is 1. The van der Waals surface area contributed by atoms with E-state index in [0.717, 1.165) is 29.5 Å². The number of rotatable bonds is 2. The molecule has 1 amide bonds. The summed E-state index contributed by atoms with van der Waals surface area (Å²) < 4.78 is 1.13. The molecule has 1 aliphatic carbocycles. The molecule has 1 aliphatic rings. The Morgan fingerprint density at radius 3 is 2.60 bits per heavy atom. The van der Waals surface area contributed by atoms with E-state index in [2.05, 4.69) is 15.4 Å². The number of amides is 1. The second-order valence-electron chi connectivity index (χ2n) is 6.06. The van der Waals surface area contributed by atoms with Crippen LogP contribution in [0.15, 0.2) is 33.9 Å². The summed E-state index contributed by atoms with van der Waals surface area (Å²) in [6.07, 6.45) is 3.32. The van der Waals surface area contributed by atoms with Crippen LogP contribution in [-0.4, -0.2) is 20.5 Å². The Kier molecular flexibility index (Phi) is 3.73. The second kappa shape index (κ2) is 5.93. The average molecular weight is 359 g/mol. The largest absolute Gasteiger partial charge is 0.342 e. The molecule has 0 bridgehead atoms. The van der Waals surface area contributed by atoms with Gasteiger partial charge in [0.05, 0.1) is 0 Å². The molecule has 7 nitrogen and oxygen atoms in total. The van der Waals surface area contributed by atoms with Crippen LogP contribution in [0.25, 0.3) is 5.65 Å². The topological polar surface area (TPSA) is 99.2 Å². The van der Waals surface area contributed by atoms with Crippen LogP contribution in [0.4, 0.5) is 5.69 Å². The number of hydrogen-bond acceptors (Lipinski definition) is 3. The van der Waals surface area contributed by atoms with Crippen LogP contribution in [0.3, 0.4) is 0 Å². The molecule has 1 aromatic carbocycles. The van der Waals surface area contributed by atoms with Crippen molar-refractivity contribution in [2.24, 2.45) is 0 Å². The standard InChI is InChI=1S/C17H15ClN4O3/c18-9-5-7-10(8-6-9)19-15(23)13-14-20-12-4-2-1-3-11(12)17(25)22(14)21-16(13)24/h5-8,20H,1-4H2,(H,19,23)(H,21,24). The van der Waals surface area contributed by atoms with Gasteiger partial charge >= 0.3 is 0 Å². The number of benzene rings is 1. The highest BCUT2D eigenvalue weighted by Gasteiger charge is 2.23. The minimum Gasteiger partial charge on any atom is -0.342 e. The van der Waals surface area contributed by atoms with Crippen molar-refractivity contribution >= 4 is 28.8 Å². The Morgan fingerprint density at radius 2 is 1.84 bits per heavy atom. The predicted octanol–water partition coefficient (Wildman–Crippen LogP) is 2.10. The zero-order valence-electron chi connectivity index (χ0n) is 13.2. The van der Waals surface area contributed by atoms with Crippen molar-refractivity contribution in [3.05, 3.63) is 66.8 Å². The summed E-state index contributed by atoms with van der Waals surface area (Å²) in [4.78, 5) is 40.5. The molecule has 0 aliphatic heterocycles. The first-order valence-electron chi connectivity index (χ1n) is 8.00. The van der Waals surface area contributed by atoms with E-state index in [1.165, 1.54) is 0 Å². The van der Waals surface area contributed by atoms with E-state index >= 15 is 0 Å². The highest BCUT2D eigenvalue weighted by Crippen LogP contribution is 2.18.